The van der Waals surface area contributed by atoms with Crippen molar-refractivity contribution >= 4 is 29.9 Å². The average Bonchev–Trinajstić information content (AvgIpc) is 2.77. The van der Waals surface area contributed by atoms with Gasteiger partial charge in [0.05, 0.1) is 24.9 Å². The number of hydrogen-bond acceptors (Lipinski definition) is 4. The van der Waals surface area contributed by atoms with Crippen LogP contribution in [0.15, 0.2) is 29.3 Å². The molecule has 0 amide bonds. The third-order valence-electron chi connectivity index (χ3n) is 5.74. The first-order chi connectivity index (χ1) is 14.6. The number of halogens is 1. The molecular weight excluding hydrogens is 505 g/mol. The number of rotatable bonds is 8. The van der Waals surface area contributed by atoms with E-state index >= 15 is 0 Å². The van der Waals surface area contributed by atoms with Gasteiger partial charge in [0.1, 0.15) is 5.75 Å². The summed E-state index contributed by atoms with van der Waals surface area (Å²) in [6.07, 6.45) is 7.51. The van der Waals surface area contributed by atoms with E-state index in [-0.39, 0.29) is 30.1 Å². The van der Waals surface area contributed by atoms with Crippen molar-refractivity contribution in [1.82, 2.24) is 10.2 Å². The van der Waals surface area contributed by atoms with E-state index in [4.69, 9.17) is 14.2 Å². The smallest absolute Gasteiger partial charge is 0.193 e. The Labute approximate surface area is 205 Å². The molecule has 1 atom stereocenters. The van der Waals surface area contributed by atoms with Crippen LogP contribution in [0.4, 0.5) is 0 Å². The van der Waals surface area contributed by atoms with Crippen LogP contribution in [0.2, 0.25) is 0 Å². The normalized spacial score (nSPS) is 20.5. The van der Waals surface area contributed by atoms with Gasteiger partial charge in [-0.1, -0.05) is 12.1 Å². The predicted octanol–water partition coefficient (Wildman–Crippen LogP) is 4.26. The van der Waals surface area contributed by atoms with Gasteiger partial charge in [0.25, 0.3) is 0 Å². The summed E-state index contributed by atoms with van der Waals surface area (Å²) in [6.45, 7) is 8.57. The molecule has 6 nitrogen and oxygen atoms in total. The largest absolute Gasteiger partial charge is 0.491 e. The minimum absolute atomic E-state index is 0. The maximum atomic E-state index is 6.13. The van der Waals surface area contributed by atoms with Crippen LogP contribution in [-0.2, 0) is 15.9 Å². The molecule has 2 saturated heterocycles. The molecule has 2 fully saturated rings. The van der Waals surface area contributed by atoms with Gasteiger partial charge in [0.2, 0.25) is 0 Å². The fourth-order valence-corrected chi connectivity index (χ4v) is 4.07. The van der Waals surface area contributed by atoms with Crippen molar-refractivity contribution in [2.24, 2.45) is 4.99 Å². The molecule has 2 aliphatic rings. The molecule has 0 aromatic heterocycles. The molecule has 0 saturated carbocycles. The number of guanidine groups is 1. The predicted molar refractivity (Wildman–Crippen MR) is 137 cm³/mol. The zero-order valence-electron chi connectivity index (χ0n) is 19.3. The molecule has 7 heteroatoms. The first-order valence-corrected chi connectivity index (χ1v) is 11.6. The van der Waals surface area contributed by atoms with E-state index in [1.165, 1.54) is 18.4 Å². The summed E-state index contributed by atoms with van der Waals surface area (Å²) < 4.78 is 17.6. The molecule has 1 N–H and O–H groups in total. The lowest BCUT2D eigenvalue weighted by Crippen LogP contribution is -2.47. The number of benzene rings is 1. The maximum absolute atomic E-state index is 6.13. The van der Waals surface area contributed by atoms with Crippen LogP contribution >= 0.6 is 24.0 Å². The van der Waals surface area contributed by atoms with E-state index in [0.717, 1.165) is 70.2 Å². The highest BCUT2D eigenvalue weighted by Crippen LogP contribution is 2.18. The van der Waals surface area contributed by atoms with E-state index in [1.807, 2.05) is 33.0 Å². The average molecular weight is 546 g/mol. The first-order valence-electron chi connectivity index (χ1n) is 11.6. The number of likely N-dealkylation sites (tertiary alicyclic amines) is 1. The van der Waals surface area contributed by atoms with Gasteiger partial charge in [-0.05, 0) is 70.1 Å². The number of nitrogens with one attached hydrogen (secondary N) is 1. The van der Waals surface area contributed by atoms with Crippen LogP contribution < -0.4 is 10.1 Å². The second kappa shape index (κ2) is 14.2. The second-order valence-corrected chi connectivity index (χ2v) is 8.54. The highest BCUT2D eigenvalue weighted by atomic mass is 127. The molecule has 1 unspecified atom stereocenters. The molecule has 2 aliphatic heterocycles. The zero-order chi connectivity index (χ0) is 21.2. The Morgan fingerprint density at radius 1 is 1.16 bits per heavy atom. The standard InChI is InChI=1S/C24H39N3O3.HI/c1-19(2)30-22-9-7-20(8-10-22)11-14-26-24(25-3)27-15-12-21(13-16-27)29-18-23-6-4-5-17-28-23;/h7-10,19,21,23H,4-6,11-18H2,1-3H3,(H,25,26);1H. The summed E-state index contributed by atoms with van der Waals surface area (Å²) in [5.41, 5.74) is 1.30. The summed E-state index contributed by atoms with van der Waals surface area (Å²) >= 11 is 0. The summed E-state index contributed by atoms with van der Waals surface area (Å²) in [7, 11) is 1.86. The van der Waals surface area contributed by atoms with Gasteiger partial charge < -0.3 is 24.4 Å². The summed E-state index contributed by atoms with van der Waals surface area (Å²) in [5, 5.41) is 3.52. The van der Waals surface area contributed by atoms with Crippen LogP contribution in [-0.4, -0.2) is 69.1 Å². The highest BCUT2D eigenvalue weighted by Gasteiger charge is 2.23. The van der Waals surface area contributed by atoms with E-state index in [1.54, 1.807) is 0 Å². The summed E-state index contributed by atoms with van der Waals surface area (Å²) in [4.78, 5) is 6.83. The van der Waals surface area contributed by atoms with Gasteiger partial charge >= 0.3 is 0 Å². The Kier molecular flexibility index (Phi) is 12.0. The van der Waals surface area contributed by atoms with Gasteiger partial charge in [-0.15, -0.1) is 24.0 Å². The summed E-state index contributed by atoms with van der Waals surface area (Å²) in [6, 6.07) is 8.38. The molecule has 0 aliphatic carbocycles. The molecule has 0 bridgehead atoms. The van der Waals surface area contributed by atoms with Crippen LogP contribution in [0, 0.1) is 0 Å². The van der Waals surface area contributed by atoms with Gasteiger partial charge in [-0.3, -0.25) is 4.99 Å². The number of ether oxygens (including phenoxy) is 3. The van der Waals surface area contributed by atoms with Crippen molar-refractivity contribution in [3.05, 3.63) is 29.8 Å². The fraction of sp³-hybridized carbons (Fsp3) is 0.708. The van der Waals surface area contributed by atoms with Crippen LogP contribution in [0.5, 0.6) is 5.75 Å². The van der Waals surface area contributed by atoms with E-state index < -0.39 is 0 Å². The molecule has 0 radical (unpaired) electrons. The van der Waals surface area contributed by atoms with Gasteiger partial charge in [-0.2, -0.15) is 0 Å². The Balaban J connectivity index is 0.00000341. The fourth-order valence-electron chi connectivity index (χ4n) is 4.07. The minimum atomic E-state index is 0. The molecule has 3 rings (SSSR count). The molecule has 31 heavy (non-hydrogen) atoms. The third-order valence-corrected chi connectivity index (χ3v) is 5.74. The van der Waals surface area contributed by atoms with Crippen molar-refractivity contribution in [3.63, 3.8) is 0 Å². The van der Waals surface area contributed by atoms with Crippen LogP contribution in [0.1, 0.15) is 51.5 Å². The van der Waals surface area contributed by atoms with Gasteiger partial charge in [0, 0.05) is 33.3 Å². The minimum Gasteiger partial charge on any atom is -0.491 e. The topological polar surface area (TPSA) is 55.3 Å². The van der Waals surface area contributed by atoms with Gasteiger partial charge in [-0.25, -0.2) is 0 Å². The van der Waals surface area contributed by atoms with E-state index in [2.05, 4.69) is 27.3 Å². The molecule has 1 aromatic rings. The maximum Gasteiger partial charge on any atom is 0.193 e. The third kappa shape index (κ3) is 9.14. The van der Waals surface area contributed by atoms with E-state index in [0.29, 0.717) is 12.2 Å². The van der Waals surface area contributed by atoms with E-state index in [9.17, 15) is 0 Å². The molecule has 1 aromatic carbocycles. The number of hydrogen-bond donors (Lipinski definition) is 1. The molecule has 2 heterocycles. The lowest BCUT2D eigenvalue weighted by Gasteiger charge is -2.35. The molecule has 0 spiro atoms. The van der Waals surface area contributed by atoms with Crippen molar-refractivity contribution in [3.8, 4) is 5.75 Å². The number of piperidine rings is 1. The van der Waals surface area contributed by atoms with Crippen molar-refractivity contribution < 1.29 is 14.2 Å². The second-order valence-electron chi connectivity index (χ2n) is 8.54. The Hall–Kier alpha value is -1.06. The van der Waals surface area contributed by atoms with Gasteiger partial charge in [0.15, 0.2) is 5.96 Å². The van der Waals surface area contributed by atoms with Crippen molar-refractivity contribution in [1.29, 1.82) is 0 Å². The molecular formula is C24H40IN3O3. The van der Waals surface area contributed by atoms with Crippen molar-refractivity contribution in [2.75, 3.05) is 39.9 Å². The SMILES string of the molecule is CN=C(NCCc1ccc(OC(C)C)cc1)N1CCC(OCC2CCCCO2)CC1.I. The number of nitrogens with zero attached hydrogens (tertiary/aromatic N) is 2. The Morgan fingerprint density at radius 3 is 2.52 bits per heavy atom. The van der Waals surface area contributed by atoms with Crippen LogP contribution in [0.25, 0.3) is 0 Å². The Morgan fingerprint density at radius 2 is 1.90 bits per heavy atom. The number of aliphatic imine (C=N–C) groups is 1. The lowest BCUT2D eigenvalue weighted by atomic mass is 10.1. The highest BCUT2D eigenvalue weighted by molar-refractivity contribution is 14.0. The summed E-state index contributed by atoms with van der Waals surface area (Å²) in [5.74, 6) is 1.92. The monoisotopic (exact) mass is 545 g/mol. The molecule has 176 valence electrons. The zero-order valence-corrected chi connectivity index (χ0v) is 21.7. The van der Waals surface area contributed by atoms with Crippen LogP contribution in [0.3, 0.4) is 0 Å². The first kappa shape index (κ1) is 26.2. The Bertz CT molecular complexity index is 640. The lowest BCUT2D eigenvalue weighted by molar-refractivity contribution is -0.0721. The quantitative estimate of drug-likeness (QED) is 0.301. The van der Waals surface area contributed by atoms with Crippen molar-refractivity contribution in [2.45, 2.75) is 70.7 Å².